The Labute approximate surface area is 131 Å². The van der Waals surface area contributed by atoms with Crippen LogP contribution in [0.4, 0.5) is 0 Å². The summed E-state index contributed by atoms with van der Waals surface area (Å²) in [6.07, 6.45) is 16.7. The summed E-state index contributed by atoms with van der Waals surface area (Å²) < 4.78 is 4.96. The lowest BCUT2D eigenvalue weighted by Crippen LogP contribution is -2.30. The molecule has 0 radical (unpaired) electrons. The first-order valence-corrected chi connectivity index (χ1v) is 9.22. The van der Waals surface area contributed by atoms with Crippen LogP contribution in [0.5, 0.6) is 0 Å². The molecule has 0 aliphatic heterocycles. The van der Waals surface area contributed by atoms with Crippen molar-refractivity contribution in [3.8, 4) is 0 Å². The third-order valence-corrected chi connectivity index (χ3v) is 4.40. The maximum atomic E-state index is 11.3. The molecule has 124 valence electrons. The monoisotopic (exact) mass is 297 g/mol. The Morgan fingerprint density at radius 3 is 2.00 bits per heavy atom. The zero-order chi connectivity index (χ0) is 15.2. The summed E-state index contributed by atoms with van der Waals surface area (Å²) in [6.45, 7) is 3.30. The van der Waals surface area contributed by atoms with Gasteiger partial charge in [0.1, 0.15) is 0 Å². The standard InChI is InChI=1S/C18H35NO2/c1-2-21-18(20)15-12-16-19-17-13-10-8-6-4-3-5-7-9-11-14-17/h17,19H,2-16H2,1H3. The molecular formula is C18H35NO2. The zero-order valence-corrected chi connectivity index (χ0v) is 14.0. The third kappa shape index (κ3) is 10.8. The average Bonchev–Trinajstić information content (AvgIpc) is 2.46. The van der Waals surface area contributed by atoms with E-state index in [1.165, 1.54) is 70.6 Å². The van der Waals surface area contributed by atoms with Gasteiger partial charge in [0.15, 0.2) is 0 Å². The van der Waals surface area contributed by atoms with Gasteiger partial charge in [-0.05, 0) is 32.7 Å². The fourth-order valence-electron chi connectivity index (χ4n) is 3.14. The minimum absolute atomic E-state index is 0.0574. The highest BCUT2D eigenvalue weighted by molar-refractivity contribution is 5.69. The van der Waals surface area contributed by atoms with E-state index in [4.69, 9.17) is 4.74 Å². The molecule has 0 amide bonds. The Balaban J connectivity index is 2.14. The highest BCUT2D eigenvalue weighted by Gasteiger charge is 2.09. The molecule has 0 aromatic heterocycles. The largest absolute Gasteiger partial charge is 0.466 e. The molecule has 0 heterocycles. The van der Waals surface area contributed by atoms with E-state index in [9.17, 15) is 4.79 Å². The number of carbonyl (C=O) groups excluding carboxylic acids is 1. The average molecular weight is 297 g/mol. The number of hydrogen-bond acceptors (Lipinski definition) is 3. The first kappa shape index (κ1) is 18.5. The molecule has 0 bridgehead atoms. The summed E-state index contributed by atoms with van der Waals surface area (Å²) in [5.74, 6) is -0.0574. The summed E-state index contributed by atoms with van der Waals surface area (Å²) in [7, 11) is 0. The minimum atomic E-state index is -0.0574. The van der Waals surface area contributed by atoms with E-state index in [1.54, 1.807) is 0 Å². The van der Waals surface area contributed by atoms with Crippen LogP contribution >= 0.6 is 0 Å². The lowest BCUT2D eigenvalue weighted by molar-refractivity contribution is -0.143. The molecule has 1 saturated carbocycles. The molecule has 0 aromatic carbocycles. The number of nitrogens with one attached hydrogen (secondary N) is 1. The van der Waals surface area contributed by atoms with Crippen molar-refractivity contribution < 1.29 is 9.53 Å². The smallest absolute Gasteiger partial charge is 0.305 e. The Hall–Kier alpha value is -0.570. The predicted octanol–water partition coefficient (Wildman–Crippen LogP) is 4.59. The van der Waals surface area contributed by atoms with Gasteiger partial charge < -0.3 is 10.1 Å². The Morgan fingerprint density at radius 1 is 0.952 bits per heavy atom. The van der Waals surface area contributed by atoms with Crippen molar-refractivity contribution in [1.82, 2.24) is 5.32 Å². The van der Waals surface area contributed by atoms with Gasteiger partial charge in [0.2, 0.25) is 0 Å². The Bertz CT molecular complexity index is 244. The lowest BCUT2D eigenvalue weighted by atomic mass is 9.98. The van der Waals surface area contributed by atoms with Gasteiger partial charge in [0, 0.05) is 12.5 Å². The van der Waals surface area contributed by atoms with Gasteiger partial charge in [-0.25, -0.2) is 0 Å². The zero-order valence-electron chi connectivity index (χ0n) is 14.0. The van der Waals surface area contributed by atoms with Crippen LogP contribution < -0.4 is 5.32 Å². The second-order valence-electron chi connectivity index (χ2n) is 6.32. The van der Waals surface area contributed by atoms with Crippen LogP contribution in [0.15, 0.2) is 0 Å². The molecule has 21 heavy (non-hydrogen) atoms. The van der Waals surface area contributed by atoms with Crippen LogP contribution in [0.1, 0.15) is 90.4 Å². The number of rotatable bonds is 6. The van der Waals surface area contributed by atoms with E-state index in [0.29, 0.717) is 19.1 Å². The molecule has 1 aliphatic carbocycles. The van der Waals surface area contributed by atoms with E-state index >= 15 is 0 Å². The molecule has 3 nitrogen and oxygen atoms in total. The molecule has 1 N–H and O–H groups in total. The summed E-state index contributed by atoms with van der Waals surface area (Å²) in [6, 6.07) is 0.659. The van der Waals surface area contributed by atoms with Gasteiger partial charge in [0.25, 0.3) is 0 Å². The van der Waals surface area contributed by atoms with Crippen molar-refractivity contribution in [2.45, 2.75) is 96.4 Å². The minimum Gasteiger partial charge on any atom is -0.466 e. The van der Waals surface area contributed by atoms with Crippen LogP contribution in [0, 0.1) is 0 Å². The van der Waals surface area contributed by atoms with E-state index in [-0.39, 0.29) is 5.97 Å². The maximum absolute atomic E-state index is 11.3. The highest BCUT2D eigenvalue weighted by Crippen LogP contribution is 2.17. The van der Waals surface area contributed by atoms with E-state index in [2.05, 4.69) is 5.32 Å². The number of ether oxygens (including phenoxy) is 1. The summed E-state index contributed by atoms with van der Waals surface area (Å²) in [5, 5.41) is 3.66. The molecule has 3 heteroatoms. The Kier molecular flexibility index (Phi) is 11.5. The van der Waals surface area contributed by atoms with Crippen LogP contribution in [-0.2, 0) is 9.53 Å². The number of hydrogen-bond donors (Lipinski definition) is 1. The lowest BCUT2D eigenvalue weighted by Gasteiger charge is -2.19. The normalized spacial score (nSPS) is 19.5. The van der Waals surface area contributed by atoms with Crippen molar-refractivity contribution >= 4 is 5.97 Å². The van der Waals surface area contributed by atoms with E-state index in [0.717, 1.165) is 13.0 Å². The molecule has 1 fully saturated rings. The topological polar surface area (TPSA) is 38.3 Å². The fourth-order valence-corrected chi connectivity index (χ4v) is 3.14. The number of esters is 1. The van der Waals surface area contributed by atoms with Gasteiger partial charge in [-0.3, -0.25) is 4.79 Å². The SMILES string of the molecule is CCOC(=O)CCCNC1CCCCCCCCCCC1. The second-order valence-corrected chi connectivity index (χ2v) is 6.32. The molecule has 0 saturated heterocycles. The molecule has 0 atom stereocenters. The summed E-state index contributed by atoms with van der Waals surface area (Å²) in [4.78, 5) is 11.3. The molecular weight excluding hydrogens is 262 g/mol. The predicted molar refractivity (Wildman–Crippen MR) is 88.4 cm³/mol. The van der Waals surface area contributed by atoms with Crippen LogP contribution in [0.3, 0.4) is 0 Å². The third-order valence-electron chi connectivity index (χ3n) is 4.40. The van der Waals surface area contributed by atoms with Gasteiger partial charge in [0.05, 0.1) is 6.61 Å². The quantitative estimate of drug-likeness (QED) is 0.575. The van der Waals surface area contributed by atoms with Gasteiger partial charge in [-0.2, -0.15) is 0 Å². The van der Waals surface area contributed by atoms with E-state index in [1.807, 2.05) is 6.92 Å². The van der Waals surface area contributed by atoms with Crippen LogP contribution in [-0.4, -0.2) is 25.2 Å². The van der Waals surface area contributed by atoms with Gasteiger partial charge >= 0.3 is 5.97 Å². The van der Waals surface area contributed by atoms with Gasteiger partial charge in [-0.1, -0.05) is 57.8 Å². The van der Waals surface area contributed by atoms with Crippen molar-refractivity contribution in [2.75, 3.05) is 13.2 Å². The van der Waals surface area contributed by atoms with Gasteiger partial charge in [-0.15, -0.1) is 0 Å². The van der Waals surface area contributed by atoms with Crippen LogP contribution in [0.2, 0.25) is 0 Å². The van der Waals surface area contributed by atoms with Crippen LogP contribution in [0.25, 0.3) is 0 Å². The first-order valence-electron chi connectivity index (χ1n) is 9.22. The van der Waals surface area contributed by atoms with Crippen molar-refractivity contribution in [1.29, 1.82) is 0 Å². The molecule has 1 aliphatic rings. The molecule has 0 spiro atoms. The number of carbonyl (C=O) groups is 1. The maximum Gasteiger partial charge on any atom is 0.305 e. The van der Waals surface area contributed by atoms with Crippen molar-refractivity contribution in [2.24, 2.45) is 0 Å². The molecule has 1 rings (SSSR count). The summed E-state index contributed by atoms with van der Waals surface area (Å²) >= 11 is 0. The molecule has 0 unspecified atom stereocenters. The summed E-state index contributed by atoms with van der Waals surface area (Å²) in [5.41, 5.74) is 0. The first-order chi connectivity index (χ1) is 10.3. The van der Waals surface area contributed by atoms with Crippen molar-refractivity contribution in [3.63, 3.8) is 0 Å². The fraction of sp³-hybridized carbons (Fsp3) is 0.944. The van der Waals surface area contributed by atoms with Crippen molar-refractivity contribution in [3.05, 3.63) is 0 Å². The van der Waals surface area contributed by atoms with E-state index < -0.39 is 0 Å². The Morgan fingerprint density at radius 2 is 1.48 bits per heavy atom. The molecule has 0 aromatic rings. The second kappa shape index (κ2) is 13.1. The highest BCUT2D eigenvalue weighted by atomic mass is 16.5.